The van der Waals surface area contributed by atoms with E-state index in [0.29, 0.717) is 33.4 Å². The van der Waals surface area contributed by atoms with Crippen LogP contribution in [-0.2, 0) is 0 Å². The standard InChI is InChI=1S/C25H25ClN4O3/c1-15-7-16(3-4-20(15)23(31)30-18-10-25(11-18)13-27-14-25)21-9-19(5-6-28-21)33-22-8-17(26)12-29-24(22)32-2/h3-9,12,18,27H,10-11,13-14H2,1-2H3,(H,30,31). The molecule has 1 amide bonds. The second-order valence-corrected chi connectivity index (χ2v) is 9.29. The minimum Gasteiger partial charge on any atom is -0.478 e. The maximum absolute atomic E-state index is 12.8. The van der Waals surface area contributed by atoms with Crippen molar-refractivity contribution in [2.45, 2.75) is 25.8 Å². The molecule has 0 unspecified atom stereocenters. The number of carbonyl (C=O) groups is 1. The van der Waals surface area contributed by atoms with E-state index in [4.69, 9.17) is 21.1 Å². The first kappa shape index (κ1) is 21.7. The molecule has 7 nitrogen and oxygen atoms in total. The summed E-state index contributed by atoms with van der Waals surface area (Å²) in [5, 5.41) is 6.95. The molecule has 1 spiro atoms. The molecule has 2 N–H and O–H groups in total. The number of rotatable bonds is 6. The van der Waals surface area contributed by atoms with Gasteiger partial charge in [0.1, 0.15) is 5.75 Å². The summed E-state index contributed by atoms with van der Waals surface area (Å²) in [5.74, 6) is 1.32. The number of methoxy groups -OCH3 is 1. The predicted octanol–water partition coefficient (Wildman–Crippen LogP) is 4.39. The molecule has 2 fully saturated rings. The van der Waals surface area contributed by atoms with Crippen LogP contribution < -0.4 is 20.1 Å². The maximum atomic E-state index is 12.8. The van der Waals surface area contributed by atoms with Crippen molar-refractivity contribution in [3.63, 3.8) is 0 Å². The highest BCUT2D eigenvalue weighted by Gasteiger charge is 2.48. The van der Waals surface area contributed by atoms with Gasteiger partial charge >= 0.3 is 0 Å². The Bertz CT molecular complexity index is 1200. The Labute approximate surface area is 197 Å². The van der Waals surface area contributed by atoms with Gasteiger partial charge in [0.05, 0.1) is 17.8 Å². The van der Waals surface area contributed by atoms with E-state index in [1.54, 1.807) is 18.3 Å². The van der Waals surface area contributed by atoms with E-state index in [-0.39, 0.29) is 11.9 Å². The molecule has 1 aliphatic carbocycles. The van der Waals surface area contributed by atoms with E-state index in [0.717, 1.165) is 42.8 Å². The Morgan fingerprint density at radius 2 is 2.00 bits per heavy atom. The van der Waals surface area contributed by atoms with Crippen molar-refractivity contribution in [3.8, 4) is 28.6 Å². The molecule has 1 aliphatic heterocycles. The van der Waals surface area contributed by atoms with Gasteiger partial charge in [-0.1, -0.05) is 17.7 Å². The zero-order valence-electron chi connectivity index (χ0n) is 18.5. The van der Waals surface area contributed by atoms with Crippen LogP contribution >= 0.6 is 11.6 Å². The largest absolute Gasteiger partial charge is 0.478 e. The number of aromatic nitrogens is 2. The van der Waals surface area contributed by atoms with Crippen LogP contribution in [0.2, 0.25) is 5.02 Å². The van der Waals surface area contributed by atoms with Crippen molar-refractivity contribution in [1.82, 2.24) is 20.6 Å². The fraction of sp³-hybridized carbons (Fsp3) is 0.320. The van der Waals surface area contributed by atoms with E-state index >= 15 is 0 Å². The Morgan fingerprint density at radius 3 is 2.70 bits per heavy atom. The summed E-state index contributed by atoms with van der Waals surface area (Å²) >= 11 is 6.05. The number of pyridine rings is 2. The highest BCUT2D eigenvalue weighted by atomic mass is 35.5. The predicted molar refractivity (Wildman–Crippen MR) is 126 cm³/mol. The molecule has 1 aromatic carbocycles. The SMILES string of the molecule is COc1ncc(Cl)cc1Oc1ccnc(-c2ccc(C(=O)NC3CC4(CNC4)C3)c(C)c2)c1. The summed E-state index contributed by atoms with van der Waals surface area (Å²) < 4.78 is 11.2. The van der Waals surface area contributed by atoms with Gasteiger partial charge in [-0.2, -0.15) is 0 Å². The maximum Gasteiger partial charge on any atom is 0.257 e. The van der Waals surface area contributed by atoms with Crippen LogP contribution in [0.3, 0.4) is 0 Å². The van der Waals surface area contributed by atoms with Gasteiger partial charge in [0.2, 0.25) is 0 Å². The Kier molecular flexibility index (Phi) is 5.68. The average Bonchev–Trinajstić information content (AvgIpc) is 2.75. The van der Waals surface area contributed by atoms with Gasteiger partial charge in [-0.3, -0.25) is 9.78 Å². The molecule has 1 saturated carbocycles. The zero-order valence-corrected chi connectivity index (χ0v) is 19.3. The molecule has 2 aromatic heterocycles. The lowest BCUT2D eigenvalue weighted by Gasteiger charge is -2.54. The molecule has 1 saturated heterocycles. The van der Waals surface area contributed by atoms with Gasteiger partial charge in [-0.25, -0.2) is 4.98 Å². The fourth-order valence-corrected chi connectivity index (χ4v) is 4.74. The molecule has 3 heterocycles. The second kappa shape index (κ2) is 8.65. The molecular weight excluding hydrogens is 440 g/mol. The quantitative estimate of drug-likeness (QED) is 0.562. The number of carbonyl (C=O) groups excluding carboxylic acids is 1. The third-order valence-electron chi connectivity index (χ3n) is 6.40. The monoisotopic (exact) mass is 464 g/mol. The van der Waals surface area contributed by atoms with Crippen molar-refractivity contribution < 1.29 is 14.3 Å². The summed E-state index contributed by atoms with van der Waals surface area (Å²) in [5.41, 5.74) is 3.65. The number of halogens is 1. The lowest BCUT2D eigenvalue weighted by molar-refractivity contribution is 0.0232. The number of amides is 1. The molecule has 0 atom stereocenters. The summed E-state index contributed by atoms with van der Waals surface area (Å²) in [6, 6.07) is 11.2. The van der Waals surface area contributed by atoms with Gasteiger partial charge in [-0.05, 0) is 48.9 Å². The van der Waals surface area contributed by atoms with Crippen LogP contribution in [0.4, 0.5) is 0 Å². The number of benzene rings is 1. The molecule has 170 valence electrons. The second-order valence-electron chi connectivity index (χ2n) is 8.85. The first-order valence-corrected chi connectivity index (χ1v) is 11.3. The van der Waals surface area contributed by atoms with E-state index < -0.39 is 0 Å². The molecule has 3 aromatic rings. The van der Waals surface area contributed by atoms with Crippen molar-refractivity contribution in [2.24, 2.45) is 5.41 Å². The Hall–Kier alpha value is -3.16. The number of hydrogen-bond acceptors (Lipinski definition) is 6. The van der Waals surface area contributed by atoms with Crippen molar-refractivity contribution in [2.75, 3.05) is 20.2 Å². The number of nitrogens with one attached hydrogen (secondary N) is 2. The fourth-order valence-electron chi connectivity index (χ4n) is 4.59. The topological polar surface area (TPSA) is 85.4 Å². The third-order valence-corrected chi connectivity index (χ3v) is 6.60. The van der Waals surface area contributed by atoms with E-state index in [1.165, 1.54) is 13.3 Å². The summed E-state index contributed by atoms with van der Waals surface area (Å²) in [4.78, 5) is 21.4. The third kappa shape index (κ3) is 4.38. The first-order valence-electron chi connectivity index (χ1n) is 10.9. The minimum absolute atomic E-state index is 0.0169. The number of hydrogen-bond donors (Lipinski definition) is 2. The first-order chi connectivity index (χ1) is 15.9. The molecular formula is C25H25ClN4O3. The minimum atomic E-state index is -0.0169. The Balaban J connectivity index is 1.30. The molecule has 0 bridgehead atoms. The normalized spacial score (nSPS) is 16.6. The van der Waals surface area contributed by atoms with Gasteiger partial charge < -0.3 is 20.1 Å². The highest BCUT2D eigenvalue weighted by molar-refractivity contribution is 6.30. The molecule has 33 heavy (non-hydrogen) atoms. The summed E-state index contributed by atoms with van der Waals surface area (Å²) in [6.45, 7) is 4.09. The van der Waals surface area contributed by atoms with Crippen molar-refractivity contribution >= 4 is 17.5 Å². The van der Waals surface area contributed by atoms with Crippen LogP contribution in [0.25, 0.3) is 11.3 Å². The lowest BCUT2D eigenvalue weighted by atomic mass is 9.61. The molecule has 8 heteroatoms. The van der Waals surface area contributed by atoms with E-state index in [9.17, 15) is 4.79 Å². The van der Waals surface area contributed by atoms with Gasteiger partial charge in [0.15, 0.2) is 5.75 Å². The summed E-state index contributed by atoms with van der Waals surface area (Å²) in [6.07, 6.45) is 5.30. The van der Waals surface area contributed by atoms with E-state index in [2.05, 4.69) is 20.6 Å². The van der Waals surface area contributed by atoms with Crippen molar-refractivity contribution in [1.29, 1.82) is 0 Å². The van der Waals surface area contributed by atoms with Gasteiger partial charge in [0.25, 0.3) is 11.8 Å². The highest BCUT2D eigenvalue weighted by Crippen LogP contribution is 2.44. The number of nitrogens with zero attached hydrogens (tertiary/aromatic N) is 2. The molecule has 2 aliphatic rings. The number of ether oxygens (including phenoxy) is 2. The van der Waals surface area contributed by atoms with E-state index in [1.807, 2.05) is 31.2 Å². The van der Waals surface area contributed by atoms with Crippen molar-refractivity contribution in [3.05, 3.63) is 64.9 Å². The van der Waals surface area contributed by atoms with Crippen LogP contribution in [0.5, 0.6) is 17.4 Å². The van der Waals surface area contributed by atoms with Crippen LogP contribution in [0, 0.1) is 12.3 Å². The Morgan fingerprint density at radius 1 is 1.18 bits per heavy atom. The van der Waals surface area contributed by atoms with Crippen LogP contribution in [-0.4, -0.2) is 42.1 Å². The van der Waals surface area contributed by atoms with Gasteiger partial charge in [-0.15, -0.1) is 0 Å². The molecule has 0 radical (unpaired) electrons. The lowest BCUT2D eigenvalue weighted by Crippen LogP contribution is -2.65. The van der Waals surface area contributed by atoms with Gasteiger partial charge in [0, 0.05) is 54.8 Å². The molecule has 5 rings (SSSR count). The number of aryl methyl sites for hydroxylation is 1. The zero-order chi connectivity index (χ0) is 23.0. The summed E-state index contributed by atoms with van der Waals surface area (Å²) in [7, 11) is 1.52. The average molecular weight is 465 g/mol. The van der Waals surface area contributed by atoms with Crippen LogP contribution in [0.1, 0.15) is 28.8 Å². The van der Waals surface area contributed by atoms with Crippen LogP contribution in [0.15, 0.2) is 48.8 Å². The smallest absolute Gasteiger partial charge is 0.257 e.